The topological polar surface area (TPSA) is 106 Å². The van der Waals surface area contributed by atoms with Crippen LogP contribution in [0.1, 0.15) is 99.9 Å². The molecule has 270 valence electrons. The maximum Gasteiger partial charge on any atom is 0.481 e. The third-order valence-corrected chi connectivity index (χ3v) is 11.7. The van der Waals surface area contributed by atoms with Gasteiger partial charge < -0.3 is 25.3 Å². The lowest BCUT2D eigenvalue weighted by atomic mass is 9.43. The summed E-state index contributed by atoms with van der Waals surface area (Å²) in [7, 11) is -0.605. The zero-order valence-electron chi connectivity index (χ0n) is 31.0. The molecule has 0 radical (unpaired) electrons. The van der Waals surface area contributed by atoms with Crippen molar-refractivity contribution in [1.82, 2.24) is 16.0 Å². The molecule has 1 aliphatic heterocycles. The van der Waals surface area contributed by atoms with Crippen LogP contribution in [0.15, 0.2) is 78.9 Å². The molecule has 0 spiro atoms. The molecule has 1 saturated heterocycles. The summed E-state index contributed by atoms with van der Waals surface area (Å²) in [6.07, 6.45) is 5.82. The Labute approximate surface area is 304 Å². The van der Waals surface area contributed by atoms with Gasteiger partial charge in [-0.1, -0.05) is 95.6 Å². The summed E-state index contributed by atoms with van der Waals surface area (Å²) in [4.78, 5) is 41.1. The first-order valence-electron chi connectivity index (χ1n) is 18.9. The highest BCUT2D eigenvalue weighted by Crippen LogP contribution is 2.65. The Morgan fingerprint density at radius 2 is 1.49 bits per heavy atom. The van der Waals surface area contributed by atoms with Gasteiger partial charge in [-0.25, -0.2) is 0 Å². The molecular formula is C42H54BN3O5. The number of hydrogen-bond donors (Lipinski definition) is 3. The van der Waals surface area contributed by atoms with Crippen molar-refractivity contribution in [1.29, 1.82) is 0 Å². The van der Waals surface area contributed by atoms with Crippen LogP contribution < -0.4 is 16.0 Å². The first-order chi connectivity index (χ1) is 24.4. The SMILES string of the molecule is CCCCc1ccc(C(=O)N[C@@H](CNC(=O)c2ccc(-c3ccccc3)cc2)C(=O)N[C@@H](CC(C)C)B2O[C@@H]3C[C@@H]4C[C@@H](C4(C)C)[C@]3(C)O2)cc1. The Balaban J connectivity index is 1.17. The van der Waals surface area contributed by atoms with E-state index in [4.69, 9.17) is 9.31 Å². The van der Waals surface area contributed by atoms with E-state index in [1.807, 2.05) is 54.6 Å². The number of aryl methyl sites for hydroxylation is 1. The molecule has 3 aromatic carbocycles. The van der Waals surface area contributed by atoms with E-state index >= 15 is 0 Å². The summed E-state index contributed by atoms with van der Waals surface area (Å²) in [5, 5.41) is 9.01. The third-order valence-electron chi connectivity index (χ3n) is 11.7. The highest BCUT2D eigenvalue weighted by molar-refractivity contribution is 6.48. The molecule has 7 rings (SSSR count). The van der Waals surface area contributed by atoms with Crippen molar-refractivity contribution in [3.05, 3.63) is 95.6 Å². The Bertz CT molecular complexity index is 1680. The van der Waals surface area contributed by atoms with Crippen LogP contribution >= 0.6 is 0 Å². The quantitative estimate of drug-likeness (QED) is 0.158. The Morgan fingerprint density at radius 3 is 2.14 bits per heavy atom. The molecule has 3 N–H and O–H groups in total. The van der Waals surface area contributed by atoms with Crippen LogP contribution in [-0.4, -0.2) is 55.1 Å². The molecule has 1 heterocycles. The predicted molar refractivity (Wildman–Crippen MR) is 202 cm³/mol. The lowest BCUT2D eigenvalue weighted by molar-refractivity contribution is -0.199. The molecule has 3 saturated carbocycles. The standard InChI is InChI=1S/C42H54BN3O5/c1-7-8-12-28-15-17-32(18-16-28)39(48)45-34(26-44-38(47)31-21-19-30(20-22-31)29-13-10-9-11-14-29)40(49)46-37(23-27(2)3)43-50-36-25-33-24-35(41(33,4)5)42(36,6)51-43/h9-11,13-22,27,33-37H,7-8,12,23-26H2,1-6H3,(H,44,47)(H,45,48)(H,46,49)/t33-,34-,35-,36+,37-,42-/m0/s1. The monoisotopic (exact) mass is 691 g/mol. The molecule has 51 heavy (non-hydrogen) atoms. The fraction of sp³-hybridized carbons (Fsp3) is 0.500. The van der Waals surface area contributed by atoms with Crippen molar-refractivity contribution < 1.29 is 23.7 Å². The van der Waals surface area contributed by atoms with Gasteiger partial charge >= 0.3 is 7.12 Å². The molecule has 3 amide bonds. The van der Waals surface area contributed by atoms with Gasteiger partial charge in [-0.2, -0.15) is 0 Å². The van der Waals surface area contributed by atoms with Crippen LogP contribution in [0.5, 0.6) is 0 Å². The highest BCUT2D eigenvalue weighted by Gasteiger charge is 2.68. The van der Waals surface area contributed by atoms with Crippen LogP contribution in [0.25, 0.3) is 11.1 Å². The first kappa shape index (κ1) is 36.8. The summed E-state index contributed by atoms with van der Waals surface area (Å²) < 4.78 is 13.4. The van der Waals surface area contributed by atoms with Gasteiger partial charge in [-0.05, 0) is 103 Å². The van der Waals surface area contributed by atoms with Crippen molar-refractivity contribution in [2.24, 2.45) is 23.2 Å². The minimum absolute atomic E-state index is 0.0193. The predicted octanol–water partition coefficient (Wildman–Crippen LogP) is 7.02. The molecule has 4 aliphatic rings. The Morgan fingerprint density at radius 1 is 0.843 bits per heavy atom. The van der Waals surface area contributed by atoms with Crippen LogP contribution in [0, 0.1) is 23.2 Å². The molecule has 3 aromatic rings. The van der Waals surface area contributed by atoms with Gasteiger partial charge in [0.1, 0.15) is 6.04 Å². The summed E-state index contributed by atoms with van der Waals surface area (Å²) in [5.41, 5.74) is 3.92. The van der Waals surface area contributed by atoms with Gasteiger partial charge in [0.2, 0.25) is 5.91 Å². The minimum Gasteiger partial charge on any atom is -0.404 e. The minimum atomic E-state index is -1.04. The van der Waals surface area contributed by atoms with Gasteiger partial charge in [0.05, 0.1) is 17.6 Å². The molecule has 2 bridgehead atoms. The van der Waals surface area contributed by atoms with Crippen LogP contribution in [0.3, 0.4) is 0 Å². The smallest absolute Gasteiger partial charge is 0.404 e. The largest absolute Gasteiger partial charge is 0.481 e. The molecule has 9 heteroatoms. The second-order valence-corrected chi connectivity index (χ2v) is 16.1. The molecule has 6 atom stereocenters. The lowest BCUT2D eigenvalue weighted by Gasteiger charge is -2.64. The van der Waals surface area contributed by atoms with E-state index in [1.165, 1.54) is 0 Å². The lowest BCUT2D eigenvalue weighted by Crippen LogP contribution is -2.65. The summed E-state index contributed by atoms with van der Waals surface area (Å²) in [5.74, 6) is -0.287. The number of amides is 3. The zero-order chi connectivity index (χ0) is 36.3. The normalized spacial score (nSPS) is 24.2. The number of carbonyl (C=O) groups excluding carboxylic acids is 3. The van der Waals surface area contributed by atoms with Crippen molar-refractivity contribution in [2.45, 2.75) is 104 Å². The molecule has 0 unspecified atom stereocenters. The first-order valence-corrected chi connectivity index (χ1v) is 18.9. The van der Waals surface area contributed by atoms with Crippen molar-refractivity contribution in [3.63, 3.8) is 0 Å². The van der Waals surface area contributed by atoms with Gasteiger partial charge in [0, 0.05) is 17.7 Å². The Hall–Kier alpha value is -3.95. The molecule has 4 fully saturated rings. The summed E-state index contributed by atoms with van der Waals surface area (Å²) in [6, 6.07) is 23.8. The average Bonchev–Trinajstić information content (AvgIpc) is 3.49. The fourth-order valence-corrected chi connectivity index (χ4v) is 8.50. The second-order valence-electron chi connectivity index (χ2n) is 16.1. The van der Waals surface area contributed by atoms with Crippen molar-refractivity contribution in [3.8, 4) is 11.1 Å². The molecule has 3 aliphatic carbocycles. The number of unbranched alkanes of at least 4 members (excludes halogenated alkanes) is 1. The fourth-order valence-electron chi connectivity index (χ4n) is 8.50. The number of carbonyl (C=O) groups is 3. The van der Waals surface area contributed by atoms with E-state index < -0.39 is 30.6 Å². The number of rotatable bonds is 14. The molecular weight excluding hydrogens is 637 g/mol. The van der Waals surface area contributed by atoms with E-state index in [0.29, 0.717) is 29.4 Å². The van der Waals surface area contributed by atoms with Crippen molar-refractivity contribution >= 4 is 24.8 Å². The summed E-state index contributed by atoms with van der Waals surface area (Å²) >= 11 is 0. The van der Waals surface area contributed by atoms with Crippen LogP contribution in [-0.2, 0) is 20.5 Å². The number of benzene rings is 3. The van der Waals surface area contributed by atoms with Crippen molar-refractivity contribution in [2.75, 3.05) is 6.54 Å². The van der Waals surface area contributed by atoms with E-state index in [0.717, 1.165) is 48.8 Å². The third kappa shape index (κ3) is 7.95. The van der Waals surface area contributed by atoms with Gasteiger partial charge in [0.15, 0.2) is 0 Å². The Kier molecular flexibility index (Phi) is 11.1. The van der Waals surface area contributed by atoms with Crippen LogP contribution in [0.4, 0.5) is 0 Å². The van der Waals surface area contributed by atoms with E-state index in [1.54, 1.807) is 24.3 Å². The zero-order valence-corrected chi connectivity index (χ0v) is 31.0. The highest BCUT2D eigenvalue weighted by atomic mass is 16.7. The molecule has 0 aromatic heterocycles. The van der Waals surface area contributed by atoms with Gasteiger partial charge in [-0.3, -0.25) is 14.4 Å². The van der Waals surface area contributed by atoms with Gasteiger partial charge in [0.25, 0.3) is 11.8 Å². The van der Waals surface area contributed by atoms with Gasteiger partial charge in [-0.15, -0.1) is 0 Å². The van der Waals surface area contributed by atoms with E-state index in [2.05, 4.69) is 57.5 Å². The number of hydrogen-bond acceptors (Lipinski definition) is 5. The van der Waals surface area contributed by atoms with E-state index in [9.17, 15) is 14.4 Å². The summed E-state index contributed by atoms with van der Waals surface area (Å²) in [6.45, 7) is 13.1. The average molecular weight is 692 g/mol. The maximum atomic E-state index is 14.2. The molecule has 8 nitrogen and oxygen atoms in total. The second kappa shape index (κ2) is 15.3. The van der Waals surface area contributed by atoms with E-state index in [-0.39, 0.29) is 35.8 Å². The maximum absolute atomic E-state index is 14.2. The van der Waals surface area contributed by atoms with Crippen LogP contribution in [0.2, 0.25) is 0 Å². The number of nitrogens with one attached hydrogen (secondary N) is 3.